The fourth-order valence-corrected chi connectivity index (χ4v) is 2.47. The van der Waals surface area contributed by atoms with Gasteiger partial charge in [-0.3, -0.25) is 5.10 Å². The van der Waals surface area contributed by atoms with Crippen LogP contribution in [0.1, 0.15) is 24.5 Å². The first kappa shape index (κ1) is 9.90. The summed E-state index contributed by atoms with van der Waals surface area (Å²) in [6.45, 7) is 0. The van der Waals surface area contributed by atoms with Crippen LogP contribution in [0, 0.1) is 0 Å². The molecule has 0 aliphatic heterocycles. The molecule has 3 rings (SSSR count). The van der Waals surface area contributed by atoms with Gasteiger partial charge in [-0.2, -0.15) is 5.10 Å². The number of halogens is 1. The highest BCUT2D eigenvalue weighted by Crippen LogP contribution is 2.46. The molecule has 2 aromatic rings. The summed E-state index contributed by atoms with van der Waals surface area (Å²) in [7, 11) is 0. The summed E-state index contributed by atoms with van der Waals surface area (Å²) in [5.74, 6) is 1.21. The van der Waals surface area contributed by atoms with Crippen LogP contribution in [0.5, 0.6) is 0 Å². The number of anilines is 1. The molecule has 0 unspecified atom stereocenters. The summed E-state index contributed by atoms with van der Waals surface area (Å²) in [6.07, 6.45) is 2.47. The highest BCUT2D eigenvalue weighted by molar-refractivity contribution is 9.10. The van der Waals surface area contributed by atoms with Crippen LogP contribution in [-0.2, 0) is 0 Å². The molecule has 1 aliphatic carbocycles. The van der Waals surface area contributed by atoms with Gasteiger partial charge in [0.1, 0.15) is 0 Å². The van der Waals surface area contributed by atoms with Crippen LogP contribution in [0.15, 0.2) is 28.7 Å². The minimum Gasteiger partial charge on any atom is -0.382 e. The maximum Gasteiger partial charge on any atom is 0.153 e. The number of hydrogen-bond donors (Lipinski definition) is 2. The zero-order valence-corrected chi connectivity index (χ0v) is 10.3. The molecule has 16 heavy (non-hydrogen) atoms. The van der Waals surface area contributed by atoms with E-state index in [1.54, 1.807) is 0 Å². The SMILES string of the molecule is Nc1n[nH]c(C2CC2)c1-c1ccccc1Br. The average Bonchev–Trinajstić information content (AvgIpc) is 3.04. The Labute approximate surface area is 102 Å². The van der Waals surface area contributed by atoms with Crippen molar-refractivity contribution in [2.75, 3.05) is 5.73 Å². The second-order valence-corrected chi connectivity index (χ2v) is 5.01. The van der Waals surface area contributed by atoms with Gasteiger partial charge in [0.25, 0.3) is 0 Å². The summed E-state index contributed by atoms with van der Waals surface area (Å²) in [6, 6.07) is 8.11. The summed E-state index contributed by atoms with van der Waals surface area (Å²) in [5, 5.41) is 7.19. The molecule has 0 amide bonds. The summed E-state index contributed by atoms with van der Waals surface area (Å²) < 4.78 is 1.06. The van der Waals surface area contributed by atoms with Crippen LogP contribution >= 0.6 is 15.9 Å². The van der Waals surface area contributed by atoms with Gasteiger partial charge in [0, 0.05) is 27.2 Å². The first-order valence-electron chi connectivity index (χ1n) is 5.36. The van der Waals surface area contributed by atoms with Crippen molar-refractivity contribution in [2.45, 2.75) is 18.8 Å². The molecule has 1 aliphatic rings. The maximum atomic E-state index is 5.94. The molecule has 3 nitrogen and oxygen atoms in total. The van der Waals surface area contributed by atoms with E-state index in [1.807, 2.05) is 18.2 Å². The lowest BCUT2D eigenvalue weighted by Gasteiger charge is -2.05. The first-order chi connectivity index (χ1) is 7.77. The van der Waals surface area contributed by atoms with Gasteiger partial charge >= 0.3 is 0 Å². The van der Waals surface area contributed by atoms with Crippen molar-refractivity contribution in [1.82, 2.24) is 10.2 Å². The Morgan fingerprint density at radius 2 is 2.06 bits per heavy atom. The largest absolute Gasteiger partial charge is 0.382 e. The molecule has 1 aromatic heterocycles. The van der Waals surface area contributed by atoms with Gasteiger partial charge in [-0.25, -0.2) is 0 Å². The third-order valence-corrected chi connectivity index (χ3v) is 3.64. The van der Waals surface area contributed by atoms with Crippen molar-refractivity contribution < 1.29 is 0 Å². The zero-order valence-electron chi connectivity index (χ0n) is 8.70. The number of nitrogen functional groups attached to an aromatic ring is 1. The number of nitrogens with two attached hydrogens (primary N) is 1. The van der Waals surface area contributed by atoms with Crippen molar-refractivity contribution in [1.29, 1.82) is 0 Å². The molecule has 0 saturated heterocycles. The van der Waals surface area contributed by atoms with E-state index in [0.29, 0.717) is 11.7 Å². The second kappa shape index (κ2) is 3.63. The quantitative estimate of drug-likeness (QED) is 0.885. The van der Waals surface area contributed by atoms with Gasteiger partial charge in [-0.1, -0.05) is 34.1 Å². The summed E-state index contributed by atoms with van der Waals surface area (Å²) in [5.41, 5.74) is 9.32. The molecule has 0 radical (unpaired) electrons. The van der Waals surface area contributed by atoms with Gasteiger partial charge in [0.2, 0.25) is 0 Å². The molecule has 1 fully saturated rings. The molecule has 1 heterocycles. The second-order valence-electron chi connectivity index (χ2n) is 4.15. The van der Waals surface area contributed by atoms with E-state index >= 15 is 0 Å². The number of aromatic nitrogens is 2. The van der Waals surface area contributed by atoms with Crippen LogP contribution in [-0.4, -0.2) is 10.2 Å². The van der Waals surface area contributed by atoms with E-state index in [-0.39, 0.29) is 0 Å². The van der Waals surface area contributed by atoms with E-state index in [9.17, 15) is 0 Å². The highest BCUT2D eigenvalue weighted by Gasteiger charge is 2.30. The van der Waals surface area contributed by atoms with Crippen molar-refractivity contribution in [2.24, 2.45) is 0 Å². The van der Waals surface area contributed by atoms with E-state index < -0.39 is 0 Å². The van der Waals surface area contributed by atoms with Crippen molar-refractivity contribution in [3.63, 3.8) is 0 Å². The Balaban J connectivity index is 2.18. The van der Waals surface area contributed by atoms with Crippen molar-refractivity contribution >= 4 is 21.7 Å². The number of benzene rings is 1. The lowest BCUT2D eigenvalue weighted by molar-refractivity contribution is 0.969. The first-order valence-corrected chi connectivity index (χ1v) is 6.15. The fraction of sp³-hybridized carbons (Fsp3) is 0.250. The van der Waals surface area contributed by atoms with E-state index in [1.165, 1.54) is 18.5 Å². The Bertz CT molecular complexity index is 529. The average molecular weight is 278 g/mol. The van der Waals surface area contributed by atoms with Crippen LogP contribution in [0.4, 0.5) is 5.82 Å². The molecule has 0 bridgehead atoms. The van der Waals surface area contributed by atoms with Gasteiger partial charge in [-0.05, 0) is 18.9 Å². The molecule has 1 aromatic carbocycles. The third-order valence-electron chi connectivity index (χ3n) is 2.95. The van der Waals surface area contributed by atoms with Crippen LogP contribution < -0.4 is 5.73 Å². The van der Waals surface area contributed by atoms with Gasteiger partial charge < -0.3 is 5.73 Å². The molecular formula is C12H12BrN3. The number of H-pyrrole nitrogens is 1. The molecule has 3 N–H and O–H groups in total. The minimum atomic E-state index is 0.591. The zero-order chi connectivity index (χ0) is 11.1. The molecule has 1 saturated carbocycles. The van der Waals surface area contributed by atoms with E-state index in [4.69, 9.17) is 5.73 Å². The fourth-order valence-electron chi connectivity index (χ4n) is 1.98. The number of nitrogens with zero attached hydrogens (tertiary/aromatic N) is 1. The lowest BCUT2D eigenvalue weighted by atomic mass is 10.0. The topological polar surface area (TPSA) is 54.7 Å². The van der Waals surface area contributed by atoms with Gasteiger partial charge in [-0.15, -0.1) is 0 Å². The van der Waals surface area contributed by atoms with Crippen molar-refractivity contribution in [3.8, 4) is 11.1 Å². The molecule has 4 heteroatoms. The summed E-state index contributed by atoms with van der Waals surface area (Å²) >= 11 is 3.56. The standard InChI is InChI=1S/C12H12BrN3/c13-9-4-2-1-3-8(9)10-11(7-5-6-7)15-16-12(10)14/h1-4,7H,5-6H2,(H3,14,15,16). The number of hydrogen-bond acceptors (Lipinski definition) is 2. The lowest BCUT2D eigenvalue weighted by Crippen LogP contribution is -1.90. The Morgan fingerprint density at radius 1 is 1.31 bits per heavy atom. The highest BCUT2D eigenvalue weighted by atomic mass is 79.9. The normalized spacial score (nSPS) is 15.3. The molecular weight excluding hydrogens is 266 g/mol. The van der Waals surface area contributed by atoms with Crippen LogP contribution in [0.25, 0.3) is 11.1 Å². The Hall–Kier alpha value is -1.29. The summed E-state index contributed by atoms with van der Waals surface area (Å²) in [4.78, 5) is 0. The third kappa shape index (κ3) is 1.53. The number of aromatic amines is 1. The molecule has 82 valence electrons. The Morgan fingerprint density at radius 3 is 2.75 bits per heavy atom. The number of nitrogens with one attached hydrogen (secondary N) is 1. The smallest absolute Gasteiger partial charge is 0.153 e. The van der Waals surface area contributed by atoms with Crippen LogP contribution in [0.2, 0.25) is 0 Å². The monoisotopic (exact) mass is 277 g/mol. The van der Waals surface area contributed by atoms with E-state index in [2.05, 4.69) is 32.2 Å². The van der Waals surface area contributed by atoms with Crippen molar-refractivity contribution in [3.05, 3.63) is 34.4 Å². The van der Waals surface area contributed by atoms with E-state index in [0.717, 1.165) is 15.6 Å². The Kier molecular flexibility index (Phi) is 2.24. The van der Waals surface area contributed by atoms with Crippen LogP contribution in [0.3, 0.4) is 0 Å². The predicted molar refractivity (Wildman–Crippen MR) is 68.1 cm³/mol. The number of rotatable bonds is 2. The molecule has 0 atom stereocenters. The minimum absolute atomic E-state index is 0.591. The van der Waals surface area contributed by atoms with Gasteiger partial charge in [0.15, 0.2) is 5.82 Å². The molecule has 0 spiro atoms. The maximum absolute atomic E-state index is 5.94. The predicted octanol–water partition coefficient (Wildman–Crippen LogP) is 3.30. The van der Waals surface area contributed by atoms with Gasteiger partial charge in [0.05, 0.1) is 0 Å².